The van der Waals surface area contributed by atoms with Crippen molar-refractivity contribution in [3.8, 4) is 11.3 Å². The summed E-state index contributed by atoms with van der Waals surface area (Å²) >= 11 is 1.54. The van der Waals surface area contributed by atoms with Gasteiger partial charge in [-0.15, -0.1) is 0 Å². The zero-order valence-electron chi connectivity index (χ0n) is 8.84. The molecule has 0 saturated heterocycles. The van der Waals surface area contributed by atoms with Crippen LogP contribution in [0.5, 0.6) is 0 Å². The predicted molar refractivity (Wildman–Crippen MR) is 71.8 cm³/mol. The van der Waals surface area contributed by atoms with Gasteiger partial charge in [-0.1, -0.05) is 24.3 Å². The molecule has 0 aliphatic heterocycles. The zero-order valence-corrected chi connectivity index (χ0v) is 11.2. The molecule has 1 N–H and O–H groups in total. The van der Waals surface area contributed by atoms with E-state index >= 15 is 0 Å². The monoisotopic (exact) mass is 311 g/mol. The number of hydrogen-bond donors (Lipinski definition) is 1. The van der Waals surface area contributed by atoms with E-state index < -0.39 is 11.1 Å². The van der Waals surface area contributed by atoms with Gasteiger partial charge in [0.2, 0.25) is 0 Å². The first kappa shape index (κ1) is 12.4. The standard InChI is InChI=1S/C12H10BrNO2S/c13-11-5-6-12(14-7-11)10-3-1-9(2-4-10)8-17(15)16/h1-7H,8H2,(H,15,16). The molecule has 0 spiro atoms. The molecule has 3 nitrogen and oxygen atoms in total. The van der Waals surface area contributed by atoms with Crippen molar-refractivity contribution in [3.63, 3.8) is 0 Å². The molecule has 1 heterocycles. The van der Waals surface area contributed by atoms with Crippen molar-refractivity contribution < 1.29 is 8.76 Å². The van der Waals surface area contributed by atoms with E-state index in [2.05, 4.69) is 20.9 Å². The quantitative estimate of drug-likeness (QED) is 0.885. The maximum atomic E-state index is 10.7. The number of halogens is 1. The summed E-state index contributed by atoms with van der Waals surface area (Å²) in [4.78, 5) is 4.28. The molecule has 2 rings (SSSR count). The Labute approximate surface area is 110 Å². The Morgan fingerprint density at radius 1 is 1.18 bits per heavy atom. The van der Waals surface area contributed by atoms with Gasteiger partial charge in [0.15, 0.2) is 11.1 Å². The SMILES string of the molecule is O=S(O)Cc1ccc(-c2ccc(Br)cn2)cc1. The normalized spacial score (nSPS) is 12.4. The Balaban J connectivity index is 2.23. The molecule has 0 aliphatic carbocycles. The highest BCUT2D eigenvalue weighted by Gasteiger charge is 2.01. The third-order valence-electron chi connectivity index (χ3n) is 2.27. The molecule has 0 amide bonds. The van der Waals surface area contributed by atoms with Gasteiger partial charge in [-0.25, -0.2) is 4.21 Å². The highest BCUT2D eigenvalue weighted by Crippen LogP contribution is 2.19. The van der Waals surface area contributed by atoms with E-state index in [0.29, 0.717) is 0 Å². The van der Waals surface area contributed by atoms with Crippen LogP contribution in [0.1, 0.15) is 5.56 Å². The second-order valence-electron chi connectivity index (χ2n) is 3.52. The Morgan fingerprint density at radius 2 is 1.88 bits per heavy atom. The van der Waals surface area contributed by atoms with Crippen LogP contribution in [-0.2, 0) is 16.8 Å². The molecule has 2 aromatic rings. The van der Waals surface area contributed by atoms with Gasteiger partial charge in [-0.3, -0.25) is 4.98 Å². The van der Waals surface area contributed by atoms with E-state index in [4.69, 9.17) is 4.55 Å². The van der Waals surface area contributed by atoms with E-state index in [0.717, 1.165) is 21.3 Å². The van der Waals surface area contributed by atoms with Crippen LogP contribution in [-0.4, -0.2) is 13.7 Å². The second kappa shape index (κ2) is 5.53. The van der Waals surface area contributed by atoms with Crippen molar-refractivity contribution in [1.82, 2.24) is 4.98 Å². The minimum absolute atomic E-state index is 0.161. The molecular formula is C12H10BrNO2S. The number of nitrogens with zero attached hydrogens (tertiary/aromatic N) is 1. The van der Waals surface area contributed by atoms with Gasteiger partial charge in [0.25, 0.3) is 0 Å². The molecule has 1 unspecified atom stereocenters. The number of hydrogen-bond acceptors (Lipinski definition) is 2. The van der Waals surface area contributed by atoms with Gasteiger partial charge < -0.3 is 4.55 Å². The van der Waals surface area contributed by atoms with Crippen LogP contribution in [0.2, 0.25) is 0 Å². The van der Waals surface area contributed by atoms with Gasteiger partial charge in [0.1, 0.15) is 0 Å². The minimum atomic E-state index is -1.79. The first-order chi connectivity index (χ1) is 8.15. The summed E-state index contributed by atoms with van der Waals surface area (Å²) < 4.78 is 20.4. The molecule has 88 valence electrons. The van der Waals surface area contributed by atoms with Crippen LogP contribution < -0.4 is 0 Å². The molecule has 0 radical (unpaired) electrons. The zero-order chi connectivity index (χ0) is 12.3. The average molecular weight is 312 g/mol. The summed E-state index contributed by atoms with van der Waals surface area (Å²) in [5.41, 5.74) is 2.71. The van der Waals surface area contributed by atoms with Crippen LogP contribution in [0.3, 0.4) is 0 Å². The Hall–Kier alpha value is -1.04. The lowest BCUT2D eigenvalue weighted by atomic mass is 10.1. The summed E-state index contributed by atoms with van der Waals surface area (Å²) in [5, 5.41) is 0. The average Bonchev–Trinajstić information content (AvgIpc) is 2.30. The fourth-order valence-electron chi connectivity index (χ4n) is 1.46. The number of benzene rings is 1. The molecule has 0 aliphatic rings. The third kappa shape index (κ3) is 3.46. The van der Waals surface area contributed by atoms with Crippen LogP contribution in [0.15, 0.2) is 47.1 Å². The first-order valence-electron chi connectivity index (χ1n) is 4.93. The van der Waals surface area contributed by atoms with E-state index in [1.807, 2.05) is 36.4 Å². The Morgan fingerprint density at radius 3 is 2.41 bits per heavy atom. The van der Waals surface area contributed by atoms with E-state index in [-0.39, 0.29) is 5.75 Å². The maximum absolute atomic E-state index is 10.7. The lowest BCUT2D eigenvalue weighted by Crippen LogP contribution is -1.92. The largest absolute Gasteiger partial charge is 0.306 e. The Bertz CT molecular complexity index is 525. The molecule has 1 atom stereocenters. The van der Waals surface area contributed by atoms with Crippen molar-refractivity contribution in [2.45, 2.75) is 5.75 Å². The highest BCUT2D eigenvalue weighted by atomic mass is 79.9. The van der Waals surface area contributed by atoms with Crippen molar-refractivity contribution in [2.75, 3.05) is 0 Å². The van der Waals surface area contributed by atoms with Crippen LogP contribution in [0.25, 0.3) is 11.3 Å². The fraction of sp³-hybridized carbons (Fsp3) is 0.0833. The van der Waals surface area contributed by atoms with Crippen molar-refractivity contribution in [1.29, 1.82) is 0 Å². The summed E-state index contributed by atoms with van der Waals surface area (Å²) in [6.45, 7) is 0. The van der Waals surface area contributed by atoms with E-state index in [1.54, 1.807) is 6.20 Å². The lowest BCUT2D eigenvalue weighted by Gasteiger charge is -2.02. The maximum Gasteiger partial charge on any atom is 0.157 e. The highest BCUT2D eigenvalue weighted by molar-refractivity contribution is 9.10. The van der Waals surface area contributed by atoms with Gasteiger partial charge in [0.05, 0.1) is 11.4 Å². The second-order valence-corrected chi connectivity index (χ2v) is 5.37. The van der Waals surface area contributed by atoms with Crippen LogP contribution in [0.4, 0.5) is 0 Å². The third-order valence-corrected chi connectivity index (χ3v) is 3.32. The summed E-state index contributed by atoms with van der Waals surface area (Å²) in [6.07, 6.45) is 1.74. The molecule has 0 fully saturated rings. The van der Waals surface area contributed by atoms with Crippen LogP contribution in [0, 0.1) is 0 Å². The minimum Gasteiger partial charge on any atom is -0.306 e. The molecule has 0 bridgehead atoms. The fourth-order valence-corrected chi connectivity index (χ4v) is 2.17. The summed E-state index contributed by atoms with van der Waals surface area (Å²) in [5.74, 6) is 0.161. The topological polar surface area (TPSA) is 50.2 Å². The molecule has 5 heteroatoms. The van der Waals surface area contributed by atoms with Crippen molar-refractivity contribution in [2.24, 2.45) is 0 Å². The van der Waals surface area contributed by atoms with Gasteiger partial charge in [-0.2, -0.15) is 0 Å². The van der Waals surface area contributed by atoms with Gasteiger partial charge >= 0.3 is 0 Å². The predicted octanol–water partition coefficient (Wildman–Crippen LogP) is 3.23. The molecular weight excluding hydrogens is 302 g/mol. The molecule has 1 aromatic heterocycles. The lowest BCUT2D eigenvalue weighted by molar-refractivity contribution is 0.563. The first-order valence-corrected chi connectivity index (χ1v) is 7.00. The molecule has 0 saturated carbocycles. The van der Waals surface area contributed by atoms with E-state index in [9.17, 15) is 4.21 Å². The van der Waals surface area contributed by atoms with Crippen LogP contribution >= 0.6 is 15.9 Å². The van der Waals surface area contributed by atoms with E-state index in [1.165, 1.54) is 0 Å². The molecule has 17 heavy (non-hydrogen) atoms. The number of aromatic nitrogens is 1. The Kier molecular flexibility index (Phi) is 4.04. The smallest absolute Gasteiger partial charge is 0.157 e. The van der Waals surface area contributed by atoms with Crippen molar-refractivity contribution >= 4 is 27.0 Å². The van der Waals surface area contributed by atoms with Gasteiger partial charge in [-0.05, 0) is 33.6 Å². The number of pyridine rings is 1. The summed E-state index contributed by atoms with van der Waals surface area (Å²) in [6, 6.07) is 11.3. The van der Waals surface area contributed by atoms with Gasteiger partial charge in [0, 0.05) is 16.2 Å². The summed E-state index contributed by atoms with van der Waals surface area (Å²) in [7, 11) is 0. The molecule has 1 aromatic carbocycles. The van der Waals surface area contributed by atoms with Crippen molar-refractivity contribution in [3.05, 3.63) is 52.6 Å². The number of rotatable bonds is 3.